The highest BCUT2D eigenvalue weighted by molar-refractivity contribution is 5.94. The van der Waals surface area contributed by atoms with Crippen molar-refractivity contribution < 1.29 is 23.8 Å². The number of benzene rings is 1. The Labute approximate surface area is 239 Å². The van der Waals surface area contributed by atoms with Gasteiger partial charge in [0.2, 0.25) is 0 Å². The van der Waals surface area contributed by atoms with E-state index in [0.717, 1.165) is 46.3 Å². The van der Waals surface area contributed by atoms with Gasteiger partial charge in [-0.25, -0.2) is 14.6 Å². The summed E-state index contributed by atoms with van der Waals surface area (Å²) in [5, 5.41) is 0.960. The van der Waals surface area contributed by atoms with Gasteiger partial charge in [-0.05, 0) is 81.6 Å². The van der Waals surface area contributed by atoms with Crippen molar-refractivity contribution in [3.63, 3.8) is 0 Å². The van der Waals surface area contributed by atoms with E-state index in [4.69, 9.17) is 19.2 Å². The number of pyridine rings is 2. The molecule has 0 bridgehead atoms. The molecule has 0 fully saturated rings. The topological polar surface area (TPSA) is 95.8 Å². The normalized spacial score (nSPS) is 13.6. The average Bonchev–Trinajstić information content (AvgIpc) is 3.38. The Hall–Kier alpha value is -4.66. The molecule has 212 valence electrons. The molecule has 9 heteroatoms. The number of rotatable bonds is 7. The highest BCUT2D eigenvalue weighted by Crippen LogP contribution is 2.29. The number of carbonyl (C=O) groups is 2. The molecule has 0 spiro atoms. The third-order valence-electron chi connectivity index (χ3n) is 6.67. The van der Waals surface area contributed by atoms with Crippen LogP contribution in [0.5, 0.6) is 5.75 Å². The van der Waals surface area contributed by atoms with Crippen LogP contribution in [0.1, 0.15) is 44.0 Å². The molecule has 41 heavy (non-hydrogen) atoms. The minimum absolute atomic E-state index is 0.368. The second-order valence-electron chi connectivity index (χ2n) is 10.8. The third-order valence-corrected chi connectivity index (χ3v) is 6.67. The lowest BCUT2D eigenvalue weighted by Crippen LogP contribution is -2.40. The van der Waals surface area contributed by atoms with Gasteiger partial charge in [-0.15, -0.1) is 0 Å². The van der Waals surface area contributed by atoms with Crippen molar-refractivity contribution in [2.75, 3.05) is 25.2 Å². The van der Waals surface area contributed by atoms with Gasteiger partial charge in [0.1, 0.15) is 17.2 Å². The van der Waals surface area contributed by atoms with Crippen LogP contribution < -0.4 is 9.64 Å². The first-order valence-corrected chi connectivity index (χ1v) is 13.7. The fourth-order valence-electron chi connectivity index (χ4n) is 4.78. The molecule has 1 aromatic carbocycles. The van der Waals surface area contributed by atoms with Gasteiger partial charge in [-0.3, -0.25) is 9.88 Å². The summed E-state index contributed by atoms with van der Waals surface area (Å²) in [6, 6.07) is 15.6. The van der Waals surface area contributed by atoms with Gasteiger partial charge in [-0.2, -0.15) is 0 Å². The number of nitrogens with zero attached hydrogens (tertiary/aromatic N) is 4. The van der Waals surface area contributed by atoms with Gasteiger partial charge >= 0.3 is 12.1 Å². The molecule has 1 amide bonds. The molecule has 0 saturated heterocycles. The molecule has 9 nitrogen and oxygen atoms in total. The maximum absolute atomic E-state index is 12.8. The van der Waals surface area contributed by atoms with E-state index >= 15 is 0 Å². The van der Waals surface area contributed by atoms with Crippen LogP contribution in [0.25, 0.3) is 16.6 Å². The number of aryl methyl sites for hydroxylation is 1. The number of carbonyl (C=O) groups excluding carboxylic acids is 2. The van der Waals surface area contributed by atoms with Crippen molar-refractivity contribution in [1.29, 1.82) is 0 Å². The first-order valence-electron chi connectivity index (χ1n) is 13.7. The monoisotopic (exact) mass is 554 g/mol. The number of amides is 1. The van der Waals surface area contributed by atoms with Gasteiger partial charge in [0.25, 0.3) is 0 Å². The Morgan fingerprint density at radius 3 is 2.71 bits per heavy atom. The predicted molar refractivity (Wildman–Crippen MR) is 157 cm³/mol. The van der Waals surface area contributed by atoms with E-state index in [1.807, 2.05) is 80.1 Å². The fourth-order valence-corrected chi connectivity index (χ4v) is 4.78. The Bertz CT molecular complexity index is 1590. The smallest absolute Gasteiger partial charge is 0.416 e. The maximum Gasteiger partial charge on any atom is 0.416 e. The van der Waals surface area contributed by atoms with Gasteiger partial charge < -0.3 is 18.8 Å². The van der Waals surface area contributed by atoms with Gasteiger partial charge in [0.05, 0.1) is 24.9 Å². The van der Waals surface area contributed by atoms with Crippen LogP contribution in [-0.4, -0.2) is 52.5 Å². The molecule has 1 aliphatic rings. The maximum atomic E-state index is 12.8. The number of aromatic nitrogens is 3. The zero-order valence-corrected chi connectivity index (χ0v) is 23.8. The Morgan fingerprint density at radius 1 is 1.10 bits per heavy atom. The Balaban J connectivity index is 1.29. The molecule has 4 aromatic rings. The quantitative estimate of drug-likeness (QED) is 0.210. The Kier molecular flexibility index (Phi) is 8.05. The van der Waals surface area contributed by atoms with Crippen LogP contribution in [-0.2, 0) is 27.1 Å². The van der Waals surface area contributed by atoms with Gasteiger partial charge in [0, 0.05) is 54.3 Å². The lowest BCUT2D eigenvalue weighted by Gasteiger charge is -2.31. The summed E-state index contributed by atoms with van der Waals surface area (Å²) < 4.78 is 18.5. The van der Waals surface area contributed by atoms with Crippen LogP contribution >= 0.6 is 0 Å². The summed E-state index contributed by atoms with van der Waals surface area (Å²) in [4.78, 5) is 35.5. The molecule has 1 aliphatic heterocycles. The standard InChI is InChI=1S/C32H34N4O5/c1-32(2,3)41-31(38)36-16-6-8-22-9-10-25(34-30(22)36)14-18-40-26-11-12-27-23(19-26)13-17-35(27)28(20-29(37)39-4)24-7-5-15-33-21-24/h5,7,9-13,15,17,19-21H,6,8,14,16,18H2,1-4H3/b28-20+. The summed E-state index contributed by atoms with van der Waals surface area (Å²) >= 11 is 0. The number of esters is 1. The second-order valence-corrected chi connectivity index (χ2v) is 10.8. The largest absolute Gasteiger partial charge is 0.493 e. The number of hydrogen-bond donors (Lipinski definition) is 0. The van der Waals surface area contributed by atoms with Crippen LogP contribution in [0.3, 0.4) is 0 Å². The van der Waals surface area contributed by atoms with Crippen LogP contribution in [0.2, 0.25) is 0 Å². The van der Waals surface area contributed by atoms with Crippen molar-refractivity contribution in [2.24, 2.45) is 0 Å². The average molecular weight is 555 g/mol. The highest BCUT2D eigenvalue weighted by atomic mass is 16.6. The molecule has 0 N–H and O–H groups in total. The Morgan fingerprint density at radius 2 is 1.95 bits per heavy atom. The van der Waals surface area contributed by atoms with E-state index in [2.05, 4.69) is 4.98 Å². The van der Waals surface area contributed by atoms with Crippen molar-refractivity contribution in [2.45, 2.75) is 45.6 Å². The summed E-state index contributed by atoms with van der Waals surface area (Å²) in [6.07, 6.45) is 8.74. The number of hydrogen-bond acceptors (Lipinski definition) is 7. The minimum Gasteiger partial charge on any atom is -0.493 e. The lowest BCUT2D eigenvalue weighted by molar-refractivity contribution is -0.134. The number of ether oxygens (including phenoxy) is 3. The summed E-state index contributed by atoms with van der Waals surface area (Å²) in [6.45, 7) is 6.60. The number of methoxy groups -OCH3 is 1. The van der Waals surface area contributed by atoms with E-state index in [1.165, 1.54) is 13.2 Å². The van der Waals surface area contributed by atoms with Gasteiger partial charge in [0.15, 0.2) is 0 Å². The first-order chi connectivity index (χ1) is 19.7. The fraction of sp³-hybridized carbons (Fsp3) is 0.312. The van der Waals surface area contributed by atoms with Crippen LogP contribution in [0, 0.1) is 0 Å². The molecular formula is C32H34N4O5. The molecular weight excluding hydrogens is 520 g/mol. The van der Waals surface area contributed by atoms with Crippen LogP contribution in [0.15, 0.2) is 73.2 Å². The number of anilines is 1. The van der Waals surface area contributed by atoms with E-state index in [-0.39, 0.29) is 6.09 Å². The second kappa shape index (κ2) is 11.8. The van der Waals surface area contributed by atoms with E-state index < -0.39 is 11.6 Å². The van der Waals surface area contributed by atoms with Crippen molar-refractivity contribution in [3.05, 3.63) is 90.0 Å². The molecule has 0 aliphatic carbocycles. The SMILES string of the molecule is COC(=O)/C=C(\c1cccnc1)n1ccc2cc(OCCc3ccc4c(n3)N(C(=O)OC(C)(C)C)CCC4)ccc21. The highest BCUT2D eigenvalue weighted by Gasteiger charge is 2.28. The van der Waals surface area contributed by atoms with E-state index in [9.17, 15) is 9.59 Å². The third kappa shape index (κ3) is 6.57. The van der Waals surface area contributed by atoms with Crippen molar-refractivity contribution in [3.8, 4) is 5.75 Å². The zero-order chi connectivity index (χ0) is 29.0. The lowest BCUT2D eigenvalue weighted by atomic mass is 10.1. The van der Waals surface area contributed by atoms with Crippen LogP contribution in [0.4, 0.5) is 10.6 Å². The molecule has 0 saturated carbocycles. The summed E-state index contributed by atoms with van der Waals surface area (Å²) in [7, 11) is 1.35. The molecule has 3 aromatic heterocycles. The summed E-state index contributed by atoms with van der Waals surface area (Å²) in [5.41, 5.74) is 3.69. The zero-order valence-electron chi connectivity index (χ0n) is 23.8. The predicted octanol–water partition coefficient (Wildman–Crippen LogP) is 5.80. The van der Waals surface area contributed by atoms with Gasteiger partial charge in [-0.1, -0.05) is 6.07 Å². The van der Waals surface area contributed by atoms with Crippen molar-refractivity contribution in [1.82, 2.24) is 14.5 Å². The number of fused-ring (bicyclic) bond motifs is 2. The first kappa shape index (κ1) is 27.9. The minimum atomic E-state index is -0.569. The molecule has 4 heterocycles. The molecule has 0 unspecified atom stereocenters. The molecule has 0 atom stereocenters. The molecule has 0 radical (unpaired) electrons. The molecule has 5 rings (SSSR count). The van der Waals surface area contributed by atoms with Crippen molar-refractivity contribution >= 4 is 34.5 Å². The van der Waals surface area contributed by atoms with E-state index in [0.29, 0.717) is 31.1 Å². The summed E-state index contributed by atoms with van der Waals surface area (Å²) in [5.74, 6) is 0.953. The van der Waals surface area contributed by atoms with E-state index in [1.54, 1.807) is 17.3 Å².